The first kappa shape index (κ1) is 20.8. The van der Waals surface area contributed by atoms with Crippen molar-refractivity contribution in [3.05, 3.63) is 40.5 Å². The van der Waals surface area contributed by atoms with Gasteiger partial charge in [-0.25, -0.2) is 19.3 Å². The topological polar surface area (TPSA) is 87.2 Å². The van der Waals surface area contributed by atoms with Crippen molar-refractivity contribution in [3.63, 3.8) is 0 Å². The van der Waals surface area contributed by atoms with E-state index in [-0.39, 0.29) is 17.0 Å². The smallest absolute Gasteiger partial charge is 0.433 e. The van der Waals surface area contributed by atoms with Crippen LogP contribution in [0.4, 0.5) is 13.2 Å². The van der Waals surface area contributed by atoms with E-state index >= 15 is 0 Å². The minimum atomic E-state index is -4.62. The molecule has 162 valence electrons. The van der Waals surface area contributed by atoms with Gasteiger partial charge >= 0.3 is 12.1 Å². The van der Waals surface area contributed by atoms with Crippen LogP contribution in [-0.4, -0.2) is 42.4 Å². The number of aromatic nitrogens is 6. The monoisotopic (exact) mass is 432 g/mol. The van der Waals surface area contributed by atoms with E-state index in [0.29, 0.717) is 28.9 Å². The lowest BCUT2D eigenvalue weighted by Gasteiger charge is -2.08. The first-order valence-electron chi connectivity index (χ1n) is 9.47. The number of hydrogen-bond donors (Lipinski definition) is 0. The maximum atomic E-state index is 13.2. The van der Waals surface area contributed by atoms with E-state index in [4.69, 9.17) is 4.74 Å². The molecular weight excluding hydrogens is 413 g/mol. The standard InChI is InChI=1S/C20H19F3N6O2/c1-6-28-11(4)16(10(3)26-28)12-8-13(19(30)31-5)29-18(24-12)15-9(2)7-14(20(21,22)23)25-17(15)27-29/h7-8H,6H2,1-5H3. The number of pyridine rings is 1. The van der Waals surface area contributed by atoms with Crippen molar-refractivity contribution in [2.75, 3.05) is 7.11 Å². The number of methoxy groups -OCH3 is 1. The lowest BCUT2D eigenvalue weighted by Crippen LogP contribution is -2.11. The number of carbonyl (C=O) groups excluding carboxylic acids is 1. The number of ether oxygens (including phenoxy) is 1. The third-order valence-electron chi connectivity index (χ3n) is 5.17. The molecule has 0 fully saturated rings. The molecule has 8 nitrogen and oxygen atoms in total. The van der Waals surface area contributed by atoms with Gasteiger partial charge in [0.2, 0.25) is 0 Å². The Hall–Kier alpha value is -3.50. The molecule has 0 atom stereocenters. The van der Waals surface area contributed by atoms with Gasteiger partial charge in [0.15, 0.2) is 17.0 Å². The van der Waals surface area contributed by atoms with Crippen molar-refractivity contribution in [3.8, 4) is 11.3 Å². The normalized spacial score (nSPS) is 12.1. The molecule has 0 aromatic carbocycles. The summed E-state index contributed by atoms with van der Waals surface area (Å²) < 4.78 is 47.5. The quantitative estimate of drug-likeness (QED) is 0.457. The number of carbonyl (C=O) groups is 1. The molecule has 4 rings (SSSR count). The number of fused-ring (bicyclic) bond motifs is 3. The van der Waals surface area contributed by atoms with E-state index in [1.165, 1.54) is 24.6 Å². The maximum absolute atomic E-state index is 13.2. The van der Waals surface area contributed by atoms with E-state index < -0.39 is 17.8 Å². The zero-order valence-electron chi connectivity index (χ0n) is 17.5. The highest BCUT2D eigenvalue weighted by Gasteiger charge is 2.34. The molecule has 4 aromatic heterocycles. The molecule has 0 aliphatic rings. The Bertz CT molecular complexity index is 1350. The molecule has 0 radical (unpaired) electrons. The van der Waals surface area contributed by atoms with Crippen LogP contribution in [-0.2, 0) is 17.5 Å². The zero-order valence-corrected chi connectivity index (χ0v) is 17.5. The SMILES string of the molecule is CCn1nc(C)c(-c2cc(C(=O)OC)n3nc4nc(C(F)(F)F)cc(C)c4c3n2)c1C. The summed E-state index contributed by atoms with van der Waals surface area (Å²) in [6.45, 7) is 7.85. The van der Waals surface area contributed by atoms with Crippen LogP contribution in [0.25, 0.3) is 27.9 Å². The van der Waals surface area contributed by atoms with Gasteiger partial charge in [-0.3, -0.25) is 4.68 Å². The van der Waals surface area contributed by atoms with Crippen molar-refractivity contribution >= 4 is 22.6 Å². The number of rotatable bonds is 3. The predicted molar refractivity (Wildman–Crippen MR) is 106 cm³/mol. The Morgan fingerprint density at radius 1 is 1.13 bits per heavy atom. The Labute approximate surface area is 174 Å². The number of aryl methyl sites for hydroxylation is 3. The largest absolute Gasteiger partial charge is 0.464 e. The third-order valence-corrected chi connectivity index (χ3v) is 5.17. The highest BCUT2D eigenvalue weighted by molar-refractivity contribution is 5.97. The van der Waals surface area contributed by atoms with Gasteiger partial charge in [-0.05, 0) is 45.4 Å². The Kier molecular flexibility index (Phi) is 4.71. The fourth-order valence-electron chi connectivity index (χ4n) is 3.76. The van der Waals surface area contributed by atoms with Crippen LogP contribution in [0.5, 0.6) is 0 Å². The van der Waals surface area contributed by atoms with Crippen LogP contribution in [0.1, 0.15) is 40.1 Å². The lowest BCUT2D eigenvalue weighted by molar-refractivity contribution is -0.141. The van der Waals surface area contributed by atoms with Gasteiger partial charge in [-0.2, -0.15) is 18.3 Å². The van der Waals surface area contributed by atoms with Gasteiger partial charge in [-0.15, -0.1) is 5.10 Å². The van der Waals surface area contributed by atoms with Crippen molar-refractivity contribution in [1.82, 2.24) is 29.4 Å². The third kappa shape index (κ3) is 3.20. The molecule has 0 bridgehead atoms. The van der Waals surface area contributed by atoms with Gasteiger partial charge in [0.05, 0.1) is 23.9 Å². The molecule has 0 N–H and O–H groups in total. The van der Waals surface area contributed by atoms with E-state index in [2.05, 4.69) is 20.2 Å². The molecule has 0 saturated heterocycles. The minimum absolute atomic E-state index is 0.0245. The average Bonchev–Trinajstić information content (AvgIpc) is 3.22. The molecule has 4 aromatic rings. The second-order valence-corrected chi connectivity index (χ2v) is 7.14. The average molecular weight is 432 g/mol. The van der Waals surface area contributed by atoms with Crippen LogP contribution in [0.15, 0.2) is 12.1 Å². The van der Waals surface area contributed by atoms with Crippen LogP contribution in [0.3, 0.4) is 0 Å². The van der Waals surface area contributed by atoms with Crippen molar-refractivity contribution < 1.29 is 22.7 Å². The molecule has 0 spiro atoms. The van der Waals surface area contributed by atoms with Gasteiger partial charge in [0, 0.05) is 17.8 Å². The predicted octanol–water partition coefficient (Wildman–Crippen LogP) is 3.89. The summed E-state index contributed by atoms with van der Waals surface area (Å²) in [6.07, 6.45) is -4.62. The second kappa shape index (κ2) is 7.03. The molecular formula is C20H19F3N6O2. The fourth-order valence-corrected chi connectivity index (χ4v) is 3.76. The number of esters is 1. The molecule has 0 amide bonds. The number of halogens is 3. The summed E-state index contributed by atoms with van der Waals surface area (Å²) in [4.78, 5) is 20.8. The lowest BCUT2D eigenvalue weighted by atomic mass is 10.1. The van der Waals surface area contributed by atoms with E-state index in [9.17, 15) is 18.0 Å². The molecule has 4 heterocycles. The summed E-state index contributed by atoms with van der Waals surface area (Å²) >= 11 is 0. The Morgan fingerprint density at radius 2 is 1.84 bits per heavy atom. The van der Waals surface area contributed by atoms with Crippen LogP contribution in [0.2, 0.25) is 0 Å². The van der Waals surface area contributed by atoms with Gasteiger partial charge < -0.3 is 4.74 Å². The summed E-state index contributed by atoms with van der Waals surface area (Å²) in [5, 5.41) is 8.96. The molecule has 0 unspecified atom stereocenters. The summed E-state index contributed by atoms with van der Waals surface area (Å²) in [6, 6.07) is 2.45. The number of nitrogens with zero attached hydrogens (tertiary/aromatic N) is 6. The van der Waals surface area contributed by atoms with E-state index in [0.717, 1.165) is 17.3 Å². The van der Waals surface area contributed by atoms with Gasteiger partial charge in [0.25, 0.3) is 0 Å². The fraction of sp³-hybridized carbons (Fsp3) is 0.350. The van der Waals surface area contributed by atoms with Gasteiger partial charge in [-0.1, -0.05) is 0 Å². The first-order valence-corrected chi connectivity index (χ1v) is 9.47. The minimum Gasteiger partial charge on any atom is -0.464 e. The van der Waals surface area contributed by atoms with E-state index in [1.54, 1.807) is 0 Å². The Morgan fingerprint density at radius 3 is 2.42 bits per heavy atom. The molecule has 0 aliphatic carbocycles. The number of alkyl halides is 3. The highest BCUT2D eigenvalue weighted by Crippen LogP contribution is 2.33. The van der Waals surface area contributed by atoms with Crippen molar-refractivity contribution in [1.29, 1.82) is 0 Å². The van der Waals surface area contributed by atoms with Crippen LogP contribution >= 0.6 is 0 Å². The van der Waals surface area contributed by atoms with Crippen molar-refractivity contribution in [2.45, 2.75) is 40.4 Å². The first-order chi connectivity index (χ1) is 14.6. The molecule has 0 saturated carbocycles. The maximum Gasteiger partial charge on any atom is 0.433 e. The summed E-state index contributed by atoms with van der Waals surface area (Å²) in [5.74, 6) is -0.701. The summed E-state index contributed by atoms with van der Waals surface area (Å²) in [5.41, 5.74) is 2.08. The molecule has 0 aliphatic heterocycles. The number of hydrogen-bond acceptors (Lipinski definition) is 6. The van der Waals surface area contributed by atoms with Crippen molar-refractivity contribution in [2.24, 2.45) is 0 Å². The Balaban J connectivity index is 2.11. The highest BCUT2D eigenvalue weighted by atomic mass is 19.4. The molecule has 31 heavy (non-hydrogen) atoms. The van der Waals surface area contributed by atoms with Gasteiger partial charge in [0.1, 0.15) is 5.69 Å². The second-order valence-electron chi connectivity index (χ2n) is 7.14. The molecule has 11 heteroatoms. The van der Waals surface area contributed by atoms with Crippen LogP contribution < -0.4 is 0 Å². The van der Waals surface area contributed by atoms with Crippen LogP contribution in [0, 0.1) is 20.8 Å². The zero-order chi connectivity index (χ0) is 22.7. The summed E-state index contributed by atoms with van der Waals surface area (Å²) in [7, 11) is 1.22. The van der Waals surface area contributed by atoms with E-state index in [1.807, 2.05) is 25.5 Å².